The number of ether oxygens (including phenoxy) is 2. The van der Waals surface area contributed by atoms with Gasteiger partial charge in [-0.05, 0) is 48.3 Å². The van der Waals surface area contributed by atoms with Gasteiger partial charge in [0.2, 0.25) is 0 Å². The molecule has 6 heteroatoms. The summed E-state index contributed by atoms with van der Waals surface area (Å²) in [6.07, 6.45) is 2.18. The Hall–Kier alpha value is -0.0000000000000000555. The lowest BCUT2D eigenvalue weighted by atomic mass is 10.3. The maximum absolute atomic E-state index is 6.06. The van der Waals surface area contributed by atoms with Gasteiger partial charge in [-0.2, -0.15) is 0 Å². The summed E-state index contributed by atoms with van der Waals surface area (Å²) >= 11 is 15.4. The van der Waals surface area contributed by atoms with Gasteiger partial charge < -0.3 is 14.8 Å². The van der Waals surface area contributed by atoms with E-state index in [1.54, 1.807) is 12.1 Å². The molecule has 1 aromatic carbocycles. The van der Waals surface area contributed by atoms with Crippen molar-refractivity contribution in [1.29, 1.82) is 0 Å². The largest absolute Gasteiger partial charge is 0.491 e. The van der Waals surface area contributed by atoms with Gasteiger partial charge in [0.05, 0.1) is 10.0 Å². The predicted molar refractivity (Wildman–Crippen MR) is 88.3 cm³/mol. The first kappa shape index (κ1) is 18.1. The predicted octanol–water partition coefficient (Wildman–Crippen LogP) is 4.54. The van der Waals surface area contributed by atoms with Crippen LogP contribution in [0.15, 0.2) is 16.6 Å². The van der Waals surface area contributed by atoms with Crippen LogP contribution in [0.2, 0.25) is 10.0 Å². The lowest BCUT2D eigenvalue weighted by Crippen LogP contribution is -2.22. The smallest absolute Gasteiger partial charge is 0.139 e. The van der Waals surface area contributed by atoms with Crippen LogP contribution in [-0.2, 0) is 4.74 Å². The van der Waals surface area contributed by atoms with Crippen LogP contribution in [0, 0.1) is 0 Å². The highest BCUT2D eigenvalue weighted by molar-refractivity contribution is 9.10. The molecular formula is C14H20BrCl2NO2. The van der Waals surface area contributed by atoms with Crippen molar-refractivity contribution in [3.63, 3.8) is 0 Å². The van der Waals surface area contributed by atoms with Gasteiger partial charge >= 0.3 is 0 Å². The average molecular weight is 385 g/mol. The summed E-state index contributed by atoms with van der Waals surface area (Å²) in [5, 5.41) is 4.46. The van der Waals surface area contributed by atoms with E-state index in [1.165, 1.54) is 0 Å². The average Bonchev–Trinajstić information content (AvgIpc) is 2.42. The quantitative estimate of drug-likeness (QED) is 0.474. The summed E-state index contributed by atoms with van der Waals surface area (Å²) in [5.74, 6) is 0.609. The number of nitrogens with one attached hydrogen (secondary N) is 1. The SMILES string of the molecule is CCOCCCCNCCOc1cc(Cl)c(Br)cc1Cl. The number of rotatable bonds is 10. The Labute approximate surface area is 139 Å². The zero-order valence-electron chi connectivity index (χ0n) is 11.6. The molecule has 0 fully saturated rings. The normalized spacial score (nSPS) is 10.8. The van der Waals surface area contributed by atoms with Crippen molar-refractivity contribution < 1.29 is 9.47 Å². The van der Waals surface area contributed by atoms with Crippen LogP contribution >= 0.6 is 39.1 Å². The van der Waals surface area contributed by atoms with Gasteiger partial charge in [-0.1, -0.05) is 23.2 Å². The van der Waals surface area contributed by atoms with E-state index in [1.807, 2.05) is 6.92 Å². The van der Waals surface area contributed by atoms with Crippen molar-refractivity contribution in [2.45, 2.75) is 19.8 Å². The van der Waals surface area contributed by atoms with Crippen LogP contribution in [0.25, 0.3) is 0 Å². The van der Waals surface area contributed by atoms with E-state index in [4.69, 9.17) is 32.7 Å². The molecule has 1 N–H and O–H groups in total. The summed E-state index contributed by atoms with van der Waals surface area (Å²) in [7, 11) is 0. The summed E-state index contributed by atoms with van der Waals surface area (Å²) in [6, 6.07) is 3.45. The van der Waals surface area contributed by atoms with Crippen LogP contribution in [0.3, 0.4) is 0 Å². The molecule has 114 valence electrons. The molecule has 0 aliphatic rings. The van der Waals surface area contributed by atoms with E-state index in [-0.39, 0.29) is 0 Å². The highest BCUT2D eigenvalue weighted by Crippen LogP contribution is 2.33. The summed E-state index contributed by atoms with van der Waals surface area (Å²) in [6.45, 7) is 5.93. The highest BCUT2D eigenvalue weighted by atomic mass is 79.9. The number of unbranched alkanes of at least 4 members (excludes halogenated alkanes) is 1. The lowest BCUT2D eigenvalue weighted by Gasteiger charge is -2.10. The Kier molecular flexibility index (Phi) is 9.65. The second-order valence-corrected chi connectivity index (χ2v) is 5.87. The van der Waals surface area contributed by atoms with E-state index in [0.29, 0.717) is 22.4 Å². The number of halogens is 3. The summed E-state index contributed by atoms with van der Waals surface area (Å²) in [4.78, 5) is 0. The number of hydrogen-bond donors (Lipinski definition) is 1. The fourth-order valence-corrected chi connectivity index (χ4v) is 2.42. The first-order valence-electron chi connectivity index (χ1n) is 6.71. The van der Waals surface area contributed by atoms with Gasteiger partial charge in [0.25, 0.3) is 0 Å². The first-order chi connectivity index (χ1) is 9.65. The molecule has 0 amide bonds. The zero-order valence-corrected chi connectivity index (χ0v) is 14.7. The molecule has 0 unspecified atom stereocenters. The molecule has 0 saturated carbocycles. The fourth-order valence-electron chi connectivity index (χ4n) is 1.57. The Morgan fingerprint density at radius 1 is 1.10 bits per heavy atom. The Bertz CT molecular complexity index is 405. The molecule has 0 spiro atoms. The van der Waals surface area contributed by atoms with Crippen molar-refractivity contribution in [3.05, 3.63) is 26.7 Å². The van der Waals surface area contributed by atoms with E-state index < -0.39 is 0 Å². The third-order valence-electron chi connectivity index (χ3n) is 2.61. The highest BCUT2D eigenvalue weighted by Gasteiger charge is 2.06. The van der Waals surface area contributed by atoms with Crippen molar-refractivity contribution in [2.75, 3.05) is 32.9 Å². The fraction of sp³-hybridized carbons (Fsp3) is 0.571. The first-order valence-corrected chi connectivity index (χ1v) is 8.25. The Balaban J connectivity index is 2.11. The van der Waals surface area contributed by atoms with Crippen LogP contribution in [-0.4, -0.2) is 32.9 Å². The molecule has 0 atom stereocenters. The Morgan fingerprint density at radius 2 is 1.90 bits per heavy atom. The molecular weight excluding hydrogens is 365 g/mol. The van der Waals surface area contributed by atoms with Gasteiger partial charge in [0.1, 0.15) is 12.4 Å². The molecule has 20 heavy (non-hydrogen) atoms. The van der Waals surface area contributed by atoms with Gasteiger partial charge in [-0.15, -0.1) is 0 Å². The minimum Gasteiger partial charge on any atom is -0.491 e. The standard InChI is InChI=1S/C14H20BrCl2NO2/c1-2-19-7-4-3-5-18-6-8-20-14-10-12(16)11(15)9-13(14)17/h9-10,18H,2-8H2,1H3. The van der Waals surface area contributed by atoms with Gasteiger partial charge in [0, 0.05) is 30.3 Å². The molecule has 1 aromatic rings. The van der Waals surface area contributed by atoms with Crippen LogP contribution < -0.4 is 10.1 Å². The monoisotopic (exact) mass is 383 g/mol. The van der Waals surface area contributed by atoms with E-state index in [0.717, 1.165) is 43.6 Å². The second kappa shape index (κ2) is 10.7. The van der Waals surface area contributed by atoms with Crippen molar-refractivity contribution in [2.24, 2.45) is 0 Å². The minimum atomic E-state index is 0.554. The maximum Gasteiger partial charge on any atom is 0.139 e. The third kappa shape index (κ3) is 7.14. The molecule has 0 aromatic heterocycles. The van der Waals surface area contributed by atoms with Gasteiger partial charge in [0.15, 0.2) is 0 Å². The molecule has 0 aliphatic carbocycles. The molecule has 0 aliphatic heterocycles. The van der Waals surface area contributed by atoms with E-state index in [9.17, 15) is 0 Å². The van der Waals surface area contributed by atoms with Crippen molar-refractivity contribution in [3.8, 4) is 5.75 Å². The topological polar surface area (TPSA) is 30.5 Å². The third-order valence-corrected chi connectivity index (χ3v) is 4.10. The lowest BCUT2D eigenvalue weighted by molar-refractivity contribution is 0.143. The van der Waals surface area contributed by atoms with Crippen LogP contribution in [0.1, 0.15) is 19.8 Å². The zero-order chi connectivity index (χ0) is 14.8. The Morgan fingerprint density at radius 3 is 2.65 bits per heavy atom. The molecule has 0 saturated heterocycles. The van der Waals surface area contributed by atoms with Crippen LogP contribution in [0.4, 0.5) is 0 Å². The molecule has 0 radical (unpaired) electrons. The van der Waals surface area contributed by atoms with Gasteiger partial charge in [-0.25, -0.2) is 0 Å². The van der Waals surface area contributed by atoms with Crippen LogP contribution in [0.5, 0.6) is 5.75 Å². The summed E-state index contributed by atoms with van der Waals surface area (Å²) < 4.78 is 11.6. The summed E-state index contributed by atoms with van der Waals surface area (Å²) in [5.41, 5.74) is 0. The molecule has 3 nitrogen and oxygen atoms in total. The molecule has 1 rings (SSSR count). The molecule has 0 heterocycles. The van der Waals surface area contributed by atoms with Crippen molar-refractivity contribution in [1.82, 2.24) is 5.32 Å². The van der Waals surface area contributed by atoms with E-state index >= 15 is 0 Å². The minimum absolute atomic E-state index is 0.554. The van der Waals surface area contributed by atoms with Gasteiger partial charge in [-0.3, -0.25) is 0 Å². The number of benzene rings is 1. The second-order valence-electron chi connectivity index (χ2n) is 4.20. The molecule has 0 bridgehead atoms. The number of hydrogen-bond acceptors (Lipinski definition) is 3. The van der Waals surface area contributed by atoms with E-state index in [2.05, 4.69) is 21.2 Å². The van der Waals surface area contributed by atoms with Crippen molar-refractivity contribution >= 4 is 39.1 Å². The maximum atomic E-state index is 6.06.